The van der Waals surface area contributed by atoms with Crippen molar-refractivity contribution in [3.63, 3.8) is 0 Å². The lowest BCUT2D eigenvalue weighted by atomic mass is 9.94. The van der Waals surface area contributed by atoms with Crippen LogP contribution in [0.4, 0.5) is 0 Å². The summed E-state index contributed by atoms with van der Waals surface area (Å²) in [6, 6.07) is 23.4. The van der Waals surface area contributed by atoms with Gasteiger partial charge in [0.05, 0.1) is 11.0 Å². The van der Waals surface area contributed by atoms with E-state index in [9.17, 15) is 9.59 Å². The van der Waals surface area contributed by atoms with Gasteiger partial charge in [0.1, 0.15) is 0 Å². The van der Waals surface area contributed by atoms with Gasteiger partial charge in [-0.2, -0.15) is 0 Å². The summed E-state index contributed by atoms with van der Waals surface area (Å²) in [7, 11) is 0. The predicted octanol–water partition coefficient (Wildman–Crippen LogP) is 7.47. The molecule has 5 rings (SSSR count). The molecule has 2 heterocycles. The maximum absolute atomic E-state index is 12.0. The second-order valence-electron chi connectivity index (χ2n) is 8.77. The van der Waals surface area contributed by atoms with E-state index < -0.39 is 0 Å². The zero-order valence-corrected chi connectivity index (χ0v) is 20.2. The monoisotopic (exact) mass is 468 g/mol. The van der Waals surface area contributed by atoms with E-state index in [0.717, 1.165) is 55.4 Å². The zero-order valence-electron chi connectivity index (χ0n) is 20.2. The number of aromatic nitrogens is 2. The van der Waals surface area contributed by atoms with E-state index in [1.165, 1.54) is 12.2 Å². The highest BCUT2D eigenvalue weighted by atomic mass is 16.1. The molecular weight excluding hydrogens is 444 g/mol. The van der Waals surface area contributed by atoms with Crippen LogP contribution in [0, 0.1) is 13.8 Å². The van der Waals surface area contributed by atoms with Gasteiger partial charge in [-0.3, -0.25) is 19.6 Å². The van der Waals surface area contributed by atoms with Crippen LogP contribution in [-0.4, -0.2) is 21.5 Å². The Balaban J connectivity index is 1.71. The molecule has 0 saturated carbocycles. The number of allylic oxidation sites excluding steroid dienone is 2. The molecule has 0 amide bonds. The molecule has 5 aromatic rings. The smallest absolute Gasteiger partial charge is 0.185 e. The van der Waals surface area contributed by atoms with Crippen molar-refractivity contribution in [3.8, 4) is 22.3 Å². The molecule has 36 heavy (non-hydrogen) atoms. The molecule has 0 aliphatic carbocycles. The molecule has 0 atom stereocenters. The average Bonchev–Trinajstić information content (AvgIpc) is 2.91. The van der Waals surface area contributed by atoms with Crippen LogP contribution < -0.4 is 0 Å². The fourth-order valence-corrected chi connectivity index (χ4v) is 4.57. The standard InChI is InChI=1S/C32H24N2O2/c1-5-29(35)23-11-7-21(8-12-23)27-17-19(3)33-31-25(27)15-16-26-28(18-20(4)34-32(26)31)22-9-13-24(14-10-22)30(36)6-2/h5-18H,1-2H2,3-4H3. The van der Waals surface area contributed by atoms with Crippen molar-refractivity contribution in [2.24, 2.45) is 0 Å². The molecule has 2 aromatic heterocycles. The number of benzene rings is 3. The second kappa shape index (κ2) is 9.16. The van der Waals surface area contributed by atoms with Crippen LogP contribution in [0.25, 0.3) is 44.1 Å². The summed E-state index contributed by atoms with van der Waals surface area (Å²) in [6.07, 6.45) is 2.65. The molecule has 0 spiro atoms. The van der Waals surface area contributed by atoms with Gasteiger partial charge in [0.2, 0.25) is 0 Å². The molecular formula is C32H24N2O2. The van der Waals surface area contributed by atoms with E-state index in [0.29, 0.717) is 11.1 Å². The Bertz CT molecular complexity index is 1570. The summed E-state index contributed by atoms with van der Waals surface area (Å²) < 4.78 is 0. The zero-order chi connectivity index (χ0) is 25.4. The van der Waals surface area contributed by atoms with E-state index in [-0.39, 0.29) is 11.6 Å². The molecule has 0 unspecified atom stereocenters. The lowest BCUT2D eigenvalue weighted by Gasteiger charge is -2.14. The van der Waals surface area contributed by atoms with Crippen LogP contribution >= 0.6 is 0 Å². The minimum Gasteiger partial charge on any atom is -0.289 e. The van der Waals surface area contributed by atoms with E-state index in [2.05, 4.69) is 37.4 Å². The quantitative estimate of drug-likeness (QED) is 0.147. The maximum Gasteiger partial charge on any atom is 0.185 e. The lowest BCUT2D eigenvalue weighted by Crippen LogP contribution is -1.96. The third kappa shape index (κ3) is 4.03. The Labute approximate surface area is 209 Å². The number of carbonyl (C=O) groups is 2. The van der Waals surface area contributed by atoms with Crippen LogP contribution in [0.5, 0.6) is 0 Å². The van der Waals surface area contributed by atoms with Gasteiger partial charge in [-0.15, -0.1) is 0 Å². The minimum absolute atomic E-state index is 0.0996. The average molecular weight is 469 g/mol. The number of ketones is 2. The first-order chi connectivity index (χ1) is 17.4. The summed E-state index contributed by atoms with van der Waals surface area (Å²) in [6.45, 7) is 11.1. The molecule has 0 fully saturated rings. The summed E-state index contributed by atoms with van der Waals surface area (Å²) >= 11 is 0. The second-order valence-corrected chi connectivity index (χ2v) is 8.77. The van der Waals surface area contributed by atoms with Gasteiger partial charge >= 0.3 is 0 Å². The number of pyridine rings is 2. The topological polar surface area (TPSA) is 59.9 Å². The van der Waals surface area contributed by atoms with Crippen molar-refractivity contribution in [2.75, 3.05) is 0 Å². The Morgan fingerprint density at radius 2 is 0.972 bits per heavy atom. The van der Waals surface area contributed by atoms with Gasteiger partial charge in [0.25, 0.3) is 0 Å². The Morgan fingerprint density at radius 3 is 1.31 bits per heavy atom. The fraction of sp³-hybridized carbons (Fsp3) is 0.0625. The van der Waals surface area contributed by atoms with Gasteiger partial charge in [-0.25, -0.2) is 0 Å². The van der Waals surface area contributed by atoms with Gasteiger partial charge in [-0.1, -0.05) is 73.8 Å². The first-order valence-electron chi connectivity index (χ1n) is 11.7. The highest BCUT2D eigenvalue weighted by Crippen LogP contribution is 2.36. The van der Waals surface area contributed by atoms with E-state index in [1.807, 2.05) is 62.4 Å². The summed E-state index contributed by atoms with van der Waals surface area (Å²) in [5.74, 6) is -0.199. The molecule has 0 N–H and O–H groups in total. The molecule has 0 radical (unpaired) electrons. The summed E-state index contributed by atoms with van der Waals surface area (Å²) in [5, 5.41) is 1.98. The van der Waals surface area contributed by atoms with Crippen LogP contribution in [0.15, 0.2) is 98.1 Å². The van der Waals surface area contributed by atoms with Crippen molar-refractivity contribution in [1.82, 2.24) is 9.97 Å². The van der Waals surface area contributed by atoms with E-state index >= 15 is 0 Å². The van der Waals surface area contributed by atoms with Crippen LogP contribution in [-0.2, 0) is 0 Å². The first-order valence-corrected chi connectivity index (χ1v) is 11.7. The first kappa shape index (κ1) is 23.1. The molecule has 4 heteroatoms. The highest BCUT2D eigenvalue weighted by Gasteiger charge is 2.15. The number of hydrogen-bond acceptors (Lipinski definition) is 4. The van der Waals surface area contributed by atoms with Gasteiger partial charge in [0, 0.05) is 33.3 Å². The molecule has 174 valence electrons. The normalized spacial score (nSPS) is 10.9. The number of aryl methyl sites for hydroxylation is 2. The Kier molecular flexibility index (Phi) is 5.87. The van der Waals surface area contributed by atoms with Crippen molar-refractivity contribution in [2.45, 2.75) is 13.8 Å². The Morgan fingerprint density at radius 1 is 0.611 bits per heavy atom. The number of rotatable bonds is 6. The minimum atomic E-state index is -0.0996. The SMILES string of the molecule is C=CC(=O)c1ccc(-c2cc(C)nc3c2ccc2c(-c4ccc(C(=O)C=C)cc4)cc(C)nc23)cc1. The molecule has 3 aromatic carbocycles. The highest BCUT2D eigenvalue weighted by molar-refractivity contribution is 6.12. The maximum atomic E-state index is 12.0. The number of nitrogens with zero attached hydrogens (tertiary/aromatic N) is 2. The lowest BCUT2D eigenvalue weighted by molar-refractivity contribution is 0.103. The summed E-state index contributed by atoms with van der Waals surface area (Å²) in [5.41, 5.74) is 8.72. The number of carbonyl (C=O) groups excluding carboxylic acids is 2. The van der Waals surface area contributed by atoms with E-state index in [4.69, 9.17) is 9.97 Å². The molecule has 4 nitrogen and oxygen atoms in total. The van der Waals surface area contributed by atoms with Crippen molar-refractivity contribution >= 4 is 33.4 Å². The van der Waals surface area contributed by atoms with Crippen LogP contribution in [0.1, 0.15) is 32.1 Å². The van der Waals surface area contributed by atoms with Gasteiger partial charge in [-0.05, 0) is 60.4 Å². The molecule has 0 bridgehead atoms. The molecule has 0 aliphatic rings. The summed E-state index contributed by atoms with van der Waals surface area (Å²) in [4.78, 5) is 33.7. The fourth-order valence-electron chi connectivity index (χ4n) is 4.57. The van der Waals surface area contributed by atoms with Crippen molar-refractivity contribution in [3.05, 3.63) is 121 Å². The third-order valence-corrected chi connectivity index (χ3v) is 6.35. The molecule has 0 saturated heterocycles. The third-order valence-electron chi connectivity index (χ3n) is 6.35. The number of hydrogen-bond donors (Lipinski definition) is 0. The van der Waals surface area contributed by atoms with Crippen LogP contribution in [0.3, 0.4) is 0 Å². The van der Waals surface area contributed by atoms with Crippen molar-refractivity contribution in [1.29, 1.82) is 0 Å². The predicted molar refractivity (Wildman–Crippen MR) is 146 cm³/mol. The van der Waals surface area contributed by atoms with E-state index in [1.54, 1.807) is 0 Å². The van der Waals surface area contributed by atoms with Crippen molar-refractivity contribution < 1.29 is 9.59 Å². The van der Waals surface area contributed by atoms with Gasteiger partial charge in [0.15, 0.2) is 11.6 Å². The van der Waals surface area contributed by atoms with Crippen LogP contribution in [0.2, 0.25) is 0 Å². The van der Waals surface area contributed by atoms with Gasteiger partial charge < -0.3 is 0 Å². The number of fused-ring (bicyclic) bond motifs is 3. The largest absolute Gasteiger partial charge is 0.289 e. The molecule has 0 aliphatic heterocycles. The Hall–Kier alpha value is -4.70.